The summed E-state index contributed by atoms with van der Waals surface area (Å²) in [4.78, 5) is 0. The molecule has 1 aromatic carbocycles. The van der Waals surface area contributed by atoms with E-state index >= 15 is 0 Å². The van der Waals surface area contributed by atoms with Crippen molar-refractivity contribution in [1.82, 2.24) is 5.32 Å². The molecule has 0 spiro atoms. The van der Waals surface area contributed by atoms with E-state index in [0.717, 1.165) is 13.0 Å². The normalized spacial score (nSPS) is 20.0. The van der Waals surface area contributed by atoms with Gasteiger partial charge in [-0.05, 0) is 45.7 Å². The van der Waals surface area contributed by atoms with Gasteiger partial charge in [-0.15, -0.1) is 0 Å². The van der Waals surface area contributed by atoms with Gasteiger partial charge >= 0.3 is 0 Å². The summed E-state index contributed by atoms with van der Waals surface area (Å²) >= 11 is 0. The maximum absolute atomic E-state index is 6.34. The summed E-state index contributed by atoms with van der Waals surface area (Å²) in [5.41, 5.74) is 2.75. The second-order valence-electron chi connectivity index (χ2n) is 6.44. The Kier molecular flexibility index (Phi) is 6.25. The fourth-order valence-electron chi connectivity index (χ4n) is 3.72. The van der Waals surface area contributed by atoms with Crippen LogP contribution in [0.25, 0.3) is 0 Å². The number of benzene rings is 1. The maximum atomic E-state index is 6.34. The molecule has 2 rings (SSSR count). The number of nitrogens with one attached hydrogen (secondary N) is 1. The Morgan fingerprint density at radius 1 is 1.10 bits per heavy atom. The number of aryl methyl sites for hydroxylation is 1. The highest BCUT2D eigenvalue weighted by Crippen LogP contribution is 2.34. The van der Waals surface area contributed by atoms with Crippen molar-refractivity contribution in [1.29, 1.82) is 0 Å². The molecule has 1 aliphatic carbocycles. The fraction of sp³-hybridized carbons (Fsp3) is 0.684. The number of hydrogen-bond acceptors (Lipinski definition) is 2. The lowest BCUT2D eigenvalue weighted by atomic mass is 9.82. The summed E-state index contributed by atoms with van der Waals surface area (Å²) in [7, 11) is 2.09. The van der Waals surface area contributed by atoms with E-state index in [2.05, 4.69) is 50.5 Å². The van der Waals surface area contributed by atoms with Crippen LogP contribution in [-0.2, 0) is 11.2 Å². The highest BCUT2D eigenvalue weighted by molar-refractivity contribution is 5.23. The van der Waals surface area contributed by atoms with Crippen molar-refractivity contribution in [3.8, 4) is 0 Å². The molecular formula is C19H31NO. The quantitative estimate of drug-likeness (QED) is 0.790. The van der Waals surface area contributed by atoms with Gasteiger partial charge in [0.25, 0.3) is 0 Å². The van der Waals surface area contributed by atoms with Crippen LogP contribution in [0, 0.1) is 6.92 Å². The largest absolute Gasteiger partial charge is 0.374 e. The van der Waals surface area contributed by atoms with Crippen LogP contribution in [0.15, 0.2) is 24.3 Å². The Morgan fingerprint density at radius 2 is 1.71 bits per heavy atom. The predicted molar refractivity (Wildman–Crippen MR) is 89.8 cm³/mol. The minimum Gasteiger partial charge on any atom is -0.374 e. The number of hydrogen-bond donors (Lipinski definition) is 1. The third-order valence-corrected chi connectivity index (χ3v) is 4.93. The van der Waals surface area contributed by atoms with Crippen LogP contribution in [0.4, 0.5) is 0 Å². The van der Waals surface area contributed by atoms with Gasteiger partial charge in [0.2, 0.25) is 0 Å². The molecule has 0 saturated heterocycles. The minimum absolute atomic E-state index is 0.0187. The fourth-order valence-corrected chi connectivity index (χ4v) is 3.72. The molecule has 2 heteroatoms. The summed E-state index contributed by atoms with van der Waals surface area (Å²) in [5, 5.41) is 3.56. The zero-order chi connectivity index (χ0) is 15.1. The average molecular weight is 289 g/mol. The summed E-state index contributed by atoms with van der Waals surface area (Å²) < 4.78 is 6.34. The zero-order valence-corrected chi connectivity index (χ0v) is 14.0. The van der Waals surface area contributed by atoms with Gasteiger partial charge in [-0.1, -0.05) is 55.5 Å². The molecule has 2 nitrogen and oxygen atoms in total. The van der Waals surface area contributed by atoms with Gasteiger partial charge in [0.05, 0.1) is 5.60 Å². The number of rotatable bonds is 6. The van der Waals surface area contributed by atoms with Crippen molar-refractivity contribution in [2.75, 3.05) is 13.7 Å². The van der Waals surface area contributed by atoms with Gasteiger partial charge in [0, 0.05) is 12.6 Å². The SMILES string of the molecule is CCOC1(C(Cc2ccc(C)cc2)NC)CCCCCC1. The van der Waals surface area contributed by atoms with Crippen molar-refractivity contribution in [2.24, 2.45) is 0 Å². The molecule has 0 radical (unpaired) electrons. The highest BCUT2D eigenvalue weighted by Gasteiger charge is 2.38. The summed E-state index contributed by atoms with van der Waals surface area (Å²) in [6, 6.07) is 9.34. The smallest absolute Gasteiger partial charge is 0.0837 e. The lowest BCUT2D eigenvalue weighted by Crippen LogP contribution is -2.52. The molecule has 1 saturated carbocycles. The van der Waals surface area contributed by atoms with E-state index in [-0.39, 0.29) is 5.60 Å². The second-order valence-corrected chi connectivity index (χ2v) is 6.44. The number of ether oxygens (including phenoxy) is 1. The van der Waals surface area contributed by atoms with Crippen molar-refractivity contribution in [3.63, 3.8) is 0 Å². The average Bonchev–Trinajstić information content (AvgIpc) is 2.73. The second kappa shape index (κ2) is 7.95. The maximum Gasteiger partial charge on any atom is 0.0837 e. The van der Waals surface area contributed by atoms with Crippen LogP contribution in [-0.4, -0.2) is 25.3 Å². The first-order valence-electron chi connectivity index (χ1n) is 8.57. The van der Waals surface area contributed by atoms with Crippen LogP contribution >= 0.6 is 0 Å². The van der Waals surface area contributed by atoms with E-state index in [1.165, 1.54) is 49.7 Å². The molecule has 1 aliphatic rings. The van der Waals surface area contributed by atoms with Gasteiger partial charge in [-0.25, -0.2) is 0 Å². The Hall–Kier alpha value is -0.860. The first-order valence-corrected chi connectivity index (χ1v) is 8.57. The van der Waals surface area contributed by atoms with Crippen molar-refractivity contribution < 1.29 is 4.74 Å². The van der Waals surface area contributed by atoms with E-state index in [1.807, 2.05) is 0 Å². The Bertz CT molecular complexity index is 404. The summed E-state index contributed by atoms with van der Waals surface area (Å²) in [6.45, 7) is 5.09. The molecule has 1 N–H and O–H groups in total. The molecule has 0 aliphatic heterocycles. The Morgan fingerprint density at radius 3 is 2.24 bits per heavy atom. The molecule has 0 amide bonds. The first kappa shape index (κ1) is 16.5. The zero-order valence-electron chi connectivity index (χ0n) is 14.0. The Labute approximate surface area is 130 Å². The highest BCUT2D eigenvalue weighted by atomic mass is 16.5. The summed E-state index contributed by atoms with van der Waals surface area (Å²) in [5.74, 6) is 0. The molecule has 0 aromatic heterocycles. The molecule has 0 bridgehead atoms. The summed E-state index contributed by atoms with van der Waals surface area (Å²) in [6.07, 6.45) is 8.75. The molecule has 1 unspecified atom stereocenters. The van der Waals surface area contributed by atoms with Crippen molar-refractivity contribution in [2.45, 2.75) is 70.4 Å². The van der Waals surface area contributed by atoms with Crippen LogP contribution in [0.2, 0.25) is 0 Å². The minimum atomic E-state index is 0.0187. The van der Waals surface area contributed by atoms with Gasteiger partial charge in [-0.2, -0.15) is 0 Å². The van der Waals surface area contributed by atoms with Crippen molar-refractivity contribution >= 4 is 0 Å². The predicted octanol–water partition coefficient (Wildman–Crippen LogP) is 4.26. The van der Waals surface area contributed by atoms with Crippen LogP contribution in [0.3, 0.4) is 0 Å². The molecule has 118 valence electrons. The van der Waals surface area contributed by atoms with E-state index in [0.29, 0.717) is 6.04 Å². The number of likely N-dealkylation sites (N-methyl/N-ethyl adjacent to an activating group) is 1. The Balaban J connectivity index is 2.16. The molecule has 21 heavy (non-hydrogen) atoms. The van der Waals surface area contributed by atoms with Gasteiger partial charge in [0.1, 0.15) is 0 Å². The lowest BCUT2D eigenvalue weighted by Gasteiger charge is -2.40. The van der Waals surface area contributed by atoms with E-state index in [9.17, 15) is 0 Å². The van der Waals surface area contributed by atoms with E-state index in [4.69, 9.17) is 4.74 Å². The van der Waals surface area contributed by atoms with Gasteiger partial charge in [-0.3, -0.25) is 0 Å². The molecule has 0 heterocycles. The van der Waals surface area contributed by atoms with E-state index in [1.54, 1.807) is 0 Å². The third kappa shape index (κ3) is 4.31. The van der Waals surface area contributed by atoms with Gasteiger partial charge in [0.15, 0.2) is 0 Å². The molecule has 1 atom stereocenters. The first-order chi connectivity index (χ1) is 10.2. The van der Waals surface area contributed by atoms with Crippen LogP contribution in [0.1, 0.15) is 56.6 Å². The monoisotopic (exact) mass is 289 g/mol. The standard InChI is InChI=1S/C19H31NO/c1-4-21-19(13-7-5-6-8-14-19)18(20-3)15-17-11-9-16(2)10-12-17/h9-12,18,20H,4-8,13-15H2,1-3H3. The van der Waals surface area contributed by atoms with Crippen LogP contribution < -0.4 is 5.32 Å². The van der Waals surface area contributed by atoms with Crippen LogP contribution in [0.5, 0.6) is 0 Å². The van der Waals surface area contributed by atoms with Crippen molar-refractivity contribution in [3.05, 3.63) is 35.4 Å². The van der Waals surface area contributed by atoms with E-state index < -0.39 is 0 Å². The van der Waals surface area contributed by atoms with Gasteiger partial charge < -0.3 is 10.1 Å². The molecule has 1 fully saturated rings. The topological polar surface area (TPSA) is 21.3 Å². The third-order valence-electron chi connectivity index (χ3n) is 4.93. The lowest BCUT2D eigenvalue weighted by molar-refractivity contribution is -0.0752. The molecular weight excluding hydrogens is 258 g/mol. The molecule has 1 aromatic rings.